The average molecular weight is 268 g/mol. The molecule has 0 saturated heterocycles. The van der Waals surface area contributed by atoms with Gasteiger partial charge in [0.2, 0.25) is 0 Å². The Kier molecular flexibility index (Phi) is 8.58. The first-order chi connectivity index (χ1) is 8.81. The molecule has 0 bridgehead atoms. The van der Waals surface area contributed by atoms with E-state index >= 15 is 0 Å². The van der Waals surface area contributed by atoms with Crippen LogP contribution >= 0.6 is 0 Å². The summed E-state index contributed by atoms with van der Waals surface area (Å²) in [5, 5.41) is 0. The van der Waals surface area contributed by atoms with Crippen LogP contribution in [-0.2, 0) is 19.1 Å². The minimum atomic E-state index is -0.320. The van der Waals surface area contributed by atoms with Crippen molar-refractivity contribution in [2.45, 2.75) is 53.6 Å². The van der Waals surface area contributed by atoms with Crippen LogP contribution < -0.4 is 0 Å². The number of ether oxygens (including phenoxy) is 2. The number of esters is 2. The summed E-state index contributed by atoms with van der Waals surface area (Å²) in [4.78, 5) is 21.7. The van der Waals surface area contributed by atoms with Crippen molar-refractivity contribution in [3.05, 3.63) is 23.3 Å². The molecule has 4 nitrogen and oxygen atoms in total. The number of hydrogen-bond acceptors (Lipinski definition) is 4. The second kappa shape index (κ2) is 9.36. The molecule has 0 radical (unpaired) electrons. The quantitative estimate of drug-likeness (QED) is 0.525. The molecule has 0 aliphatic rings. The maximum absolute atomic E-state index is 10.9. The molecule has 0 aliphatic heterocycles. The molecule has 108 valence electrons. The van der Waals surface area contributed by atoms with E-state index in [0.29, 0.717) is 0 Å². The highest BCUT2D eigenvalue weighted by atomic mass is 16.5. The zero-order valence-corrected chi connectivity index (χ0v) is 12.5. The molecule has 0 aromatic rings. The van der Waals surface area contributed by atoms with Crippen LogP contribution in [0.1, 0.15) is 47.5 Å². The van der Waals surface area contributed by atoms with Gasteiger partial charge in [-0.05, 0) is 45.3 Å². The summed E-state index contributed by atoms with van der Waals surface area (Å²) in [5.74, 6) is -0.631. The minimum absolute atomic E-state index is 0.248. The summed E-state index contributed by atoms with van der Waals surface area (Å²) >= 11 is 0. The Bertz CT molecular complexity index is 362. The minimum Gasteiger partial charge on any atom is -0.461 e. The highest BCUT2D eigenvalue weighted by molar-refractivity contribution is 5.66. The first-order valence-electron chi connectivity index (χ1n) is 6.44. The zero-order valence-electron chi connectivity index (χ0n) is 12.5. The Morgan fingerprint density at radius 3 is 2.21 bits per heavy atom. The van der Waals surface area contributed by atoms with Crippen LogP contribution in [0, 0.1) is 0 Å². The van der Waals surface area contributed by atoms with Crippen LogP contribution in [0.15, 0.2) is 23.3 Å². The van der Waals surface area contributed by atoms with E-state index in [4.69, 9.17) is 9.47 Å². The van der Waals surface area contributed by atoms with E-state index in [1.165, 1.54) is 19.4 Å². The third-order valence-electron chi connectivity index (χ3n) is 2.30. The van der Waals surface area contributed by atoms with E-state index in [1.807, 2.05) is 19.9 Å². The molecule has 0 aromatic carbocycles. The number of hydrogen-bond donors (Lipinski definition) is 0. The Hall–Kier alpha value is -1.58. The lowest BCUT2D eigenvalue weighted by Gasteiger charge is -2.11. The largest absolute Gasteiger partial charge is 0.461 e. The van der Waals surface area contributed by atoms with Crippen molar-refractivity contribution in [1.82, 2.24) is 0 Å². The van der Waals surface area contributed by atoms with E-state index in [-0.39, 0.29) is 24.6 Å². The Morgan fingerprint density at radius 2 is 1.74 bits per heavy atom. The highest BCUT2D eigenvalue weighted by Gasteiger charge is 2.06. The van der Waals surface area contributed by atoms with Gasteiger partial charge in [-0.15, -0.1) is 0 Å². The molecule has 1 unspecified atom stereocenters. The van der Waals surface area contributed by atoms with Crippen molar-refractivity contribution in [2.24, 2.45) is 0 Å². The topological polar surface area (TPSA) is 52.6 Å². The maximum atomic E-state index is 10.9. The van der Waals surface area contributed by atoms with Crippen LogP contribution in [0.2, 0.25) is 0 Å². The van der Waals surface area contributed by atoms with Gasteiger partial charge in [0.25, 0.3) is 0 Å². The SMILES string of the molecule is CC(=O)OC/C(=C/C(C)OC(C)=O)CCC=C(C)C. The lowest BCUT2D eigenvalue weighted by molar-refractivity contribution is -0.144. The molecule has 4 heteroatoms. The molecule has 0 amide bonds. The van der Waals surface area contributed by atoms with E-state index in [9.17, 15) is 9.59 Å². The monoisotopic (exact) mass is 268 g/mol. The molecular weight excluding hydrogens is 244 g/mol. The highest BCUT2D eigenvalue weighted by Crippen LogP contribution is 2.11. The fourth-order valence-corrected chi connectivity index (χ4v) is 1.57. The lowest BCUT2D eigenvalue weighted by atomic mass is 10.1. The van der Waals surface area contributed by atoms with Crippen LogP contribution in [0.3, 0.4) is 0 Å². The van der Waals surface area contributed by atoms with Gasteiger partial charge in [0.1, 0.15) is 12.7 Å². The number of allylic oxidation sites excluding steroid dienone is 2. The van der Waals surface area contributed by atoms with E-state index in [0.717, 1.165) is 18.4 Å². The summed E-state index contributed by atoms with van der Waals surface area (Å²) < 4.78 is 10.0. The standard InChI is InChI=1S/C15H24O4/c1-11(2)7-6-8-15(10-18-13(4)16)9-12(3)19-14(5)17/h7,9,12H,6,8,10H2,1-5H3/b15-9+. The molecule has 1 atom stereocenters. The number of carbonyl (C=O) groups is 2. The van der Waals surface area contributed by atoms with Gasteiger partial charge in [0.05, 0.1) is 0 Å². The predicted molar refractivity (Wildman–Crippen MR) is 74.6 cm³/mol. The molecule has 0 heterocycles. The van der Waals surface area contributed by atoms with Crippen molar-refractivity contribution in [3.8, 4) is 0 Å². The Morgan fingerprint density at radius 1 is 1.11 bits per heavy atom. The van der Waals surface area contributed by atoms with Crippen LogP contribution in [-0.4, -0.2) is 24.6 Å². The number of rotatable bonds is 7. The van der Waals surface area contributed by atoms with Crippen molar-refractivity contribution in [3.63, 3.8) is 0 Å². The first kappa shape index (κ1) is 17.4. The molecule has 0 N–H and O–H groups in total. The molecule has 0 spiro atoms. The fraction of sp³-hybridized carbons (Fsp3) is 0.600. The van der Waals surface area contributed by atoms with Gasteiger partial charge in [0, 0.05) is 13.8 Å². The fourth-order valence-electron chi connectivity index (χ4n) is 1.57. The van der Waals surface area contributed by atoms with Gasteiger partial charge in [-0.2, -0.15) is 0 Å². The van der Waals surface area contributed by atoms with E-state index in [1.54, 1.807) is 6.92 Å². The van der Waals surface area contributed by atoms with Gasteiger partial charge in [-0.25, -0.2) is 0 Å². The molecular formula is C15H24O4. The summed E-state index contributed by atoms with van der Waals surface area (Å²) in [6, 6.07) is 0. The summed E-state index contributed by atoms with van der Waals surface area (Å²) in [6.07, 6.45) is 5.31. The van der Waals surface area contributed by atoms with Crippen molar-refractivity contribution in [2.75, 3.05) is 6.61 Å². The smallest absolute Gasteiger partial charge is 0.303 e. The van der Waals surface area contributed by atoms with Gasteiger partial charge >= 0.3 is 11.9 Å². The predicted octanol–water partition coefficient (Wildman–Crippen LogP) is 3.17. The van der Waals surface area contributed by atoms with E-state index in [2.05, 4.69) is 6.08 Å². The summed E-state index contributed by atoms with van der Waals surface area (Å²) in [7, 11) is 0. The second-order valence-electron chi connectivity index (χ2n) is 4.74. The molecule has 0 saturated carbocycles. The molecule has 19 heavy (non-hydrogen) atoms. The Balaban J connectivity index is 4.54. The second-order valence-corrected chi connectivity index (χ2v) is 4.74. The van der Waals surface area contributed by atoms with Crippen molar-refractivity contribution in [1.29, 1.82) is 0 Å². The van der Waals surface area contributed by atoms with Gasteiger partial charge in [0.15, 0.2) is 0 Å². The van der Waals surface area contributed by atoms with Crippen LogP contribution in [0.5, 0.6) is 0 Å². The first-order valence-corrected chi connectivity index (χ1v) is 6.44. The normalized spacial score (nSPS) is 12.6. The zero-order chi connectivity index (χ0) is 14.8. The lowest BCUT2D eigenvalue weighted by Crippen LogP contribution is -2.12. The molecule has 0 aromatic heterocycles. The van der Waals surface area contributed by atoms with Crippen LogP contribution in [0.25, 0.3) is 0 Å². The van der Waals surface area contributed by atoms with Crippen LogP contribution in [0.4, 0.5) is 0 Å². The third-order valence-corrected chi connectivity index (χ3v) is 2.30. The average Bonchev–Trinajstić information content (AvgIpc) is 2.23. The maximum Gasteiger partial charge on any atom is 0.303 e. The molecule has 0 aliphatic carbocycles. The number of carbonyl (C=O) groups excluding carboxylic acids is 2. The molecule has 0 rings (SSSR count). The van der Waals surface area contributed by atoms with Gasteiger partial charge in [-0.3, -0.25) is 9.59 Å². The third kappa shape index (κ3) is 11.3. The Labute approximate surface area is 115 Å². The molecule has 0 fully saturated rings. The summed E-state index contributed by atoms with van der Waals surface area (Å²) in [5.41, 5.74) is 2.21. The van der Waals surface area contributed by atoms with Crippen molar-refractivity contribution < 1.29 is 19.1 Å². The van der Waals surface area contributed by atoms with E-state index < -0.39 is 0 Å². The van der Waals surface area contributed by atoms with Gasteiger partial charge < -0.3 is 9.47 Å². The van der Waals surface area contributed by atoms with Crippen molar-refractivity contribution >= 4 is 11.9 Å². The van der Waals surface area contributed by atoms with Gasteiger partial charge in [-0.1, -0.05) is 11.6 Å². The summed E-state index contributed by atoms with van der Waals surface area (Å²) in [6.45, 7) is 8.87.